The van der Waals surface area contributed by atoms with Crippen LogP contribution in [0.1, 0.15) is 23.2 Å². The Morgan fingerprint density at radius 2 is 1.85 bits per heavy atom. The number of benzene rings is 1. The summed E-state index contributed by atoms with van der Waals surface area (Å²) < 4.78 is 5.41. The number of hydrogen-bond donors (Lipinski definition) is 2. The minimum Gasteiger partial charge on any atom is -0.441 e. The van der Waals surface area contributed by atoms with Crippen LogP contribution in [0.5, 0.6) is 0 Å². The van der Waals surface area contributed by atoms with Crippen molar-refractivity contribution >= 4 is 17.8 Å². The van der Waals surface area contributed by atoms with Gasteiger partial charge in [0.15, 0.2) is 0 Å². The van der Waals surface area contributed by atoms with E-state index in [2.05, 4.69) is 15.6 Å². The molecule has 2 saturated heterocycles. The van der Waals surface area contributed by atoms with E-state index in [0.29, 0.717) is 38.0 Å². The maximum Gasteiger partial charge on any atom is 0.407 e. The van der Waals surface area contributed by atoms with Crippen LogP contribution in [0.4, 0.5) is 10.6 Å². The highest BCUT2D eigenvalue weighted by atomic mass is 16.6. The normalized spacial score (nSPS) is 18.1. The molecule has 3 heterocycles. The van der Waals surface area contributed by atoms with Crippen LogP contribution in [0.15, 0.2) is 42.6 Å². The molecule has 1 aromatic carbocycles. The van der Waals surface area contributed by atoms with Gasteiger partial charge in [0, 0.05) is 50.3 Å². The summed E-state index contributed by atoms with van der Waals surface area (Å²) in [6, 6.07) is 11.5. The van der Waals surface area contributed by atoms with E-state index in [1.807, 2.05) is 54.5 Å². The number of anilines is 1. The Hall–Kier alpha value is -3.09. The lowest BCUT2D eigenvalue weighted by Gasteiger charge is -2.37. The zero-order valence-corrected chi connectivity index (χ0v) is 15.2. The first kappa shape index (κ1) is 17.3. The highest BCUT2D eigenvalue weighted by Gasteiger charge is 2.43. The van der Waals surface area contributed by atoms with Crippen molar-refractivity contribution in [1.29, 1.82) is 0 Å². The van der Waals surface area contributed by atoms with Gasteiger partial charge < -0.3 is 20.3 Å². The topological polar surface area (TPSA) is 83.6 Å². The molecule has 2 aliphatic heterocycles. The molecule has 2 fully saturated rings. The molecule has 0 bridgehead atoms. The van der Waals surface area contributed by atoms with Crippen LogP contribution in [0.3, 0.4) is 0 Å². The van der Waals surface area contributed by atoms with E-state index in [4.69, 9.17) is 4.74 Å². The fourth-order valence-electron chi connectivity index (χ4n) is 3.60. The van der Waals surface area contributed by atoms with Crippen LogP contribution in [-0.4, -0.2) is 54.2 Å². The smallest absolute Gasteiger partial charge is 0.407 e. The van der Waals surface area contributed by atoms with E-state index in [1.165, 1.54) is 0 Å². The van der Waals surface area contributed by atoms with Crippen molar-refractivity contribution in [1.82, 2.24) is 15.2 Å². The zero-order chi connectivity index (χ0) is 18.9. The van der Waals surface area contributed by atoms with Gasteiger partial charge in [0.05, 0.1) is 6.54 Å². The Morgan fingerprint density at radius 3 is 2.41 bits per heavy atom. The molecule has 0 saturated carbocycles. The number of nitrogens with zero attached hydrogens (tertiary/aromatic N) is 2. The molecule has 2 aromatic rings. The SMILES string of the molecule is CNc1ccc(-c2ccc(C(=O)N3CCC4(CC3)CNC(=O)O4)cc2)cn1. The number of ether oxygens (including phenoxy) is 1. The lowest BCUT2D eigenvalue weighted by atomic mass is 9.91. The van der Waals surface area contributed by atoms with Crippen molar-refractivity contribution < 1.29 is 14.3 Å². The summed E-state index contributed by atoms with van der Waals surface area (Å²) in [6.45, 7) is 1.71. The van der Waals surface area contributed by atoms with Crippen molar-refractivity contribution in [3.8, 4) is 11.1 Å². The molecule has 1 spiro atoms. The van der Waals surface area contributed by atoms with Gasteiger partial charge in [0.2, 0.25) is 0 Å². The molecular formula is C20H22N4O3. The summed E-state index contributed by atoms with van der Waals surface area (Å²) in [6.07, 6.45) is 2.78. The molecule has 0 radical (unpaired) electrons. The standard InChI is InChI=1S/C20H22N4O3/c1-21-17-7-6-16(12-22-17)14-2-4-15(5-3-14)18(25)24-10-8-20(9-11-24)13-23-19(26)27-20/h2-7,12H,8-11,13H2,1H3,(H,21,22)(H,23,26). The summed E-state index contributed by atoms with van der Waals surface area (Å²) in [5.41, 5.74) is 2.24. The lowest BCUT2D eigenvalue weighted by Crippen LogP contribution is -2.48. The Labute approximate surface area is 157 Å². The summed E-state index contributed by atoms with van der Waals surface area (Å²) in [7, 11) is 1.83. The number of carbonyl (C=O) groups is 2. The first-order chi connectivity index (χ1) is 13.1. The molecule has 0 atom stereocenters. The number of carbonyl (C=O) groups excluding carboxylic acids is 2. The van der Waals surface area contributed by atoms with Gasteiger partial charge in [-0.1, -0.05) is 12.1 Å². The quantitative estimate of drug-likeness (QED) is 0.872. The number of aromatic nitrogens is 1. The third-order valence-electron chi connectivity index (χ3n) is 5.31. The predicted molar refractivity (Wildman–Crippen MR) is 102 cm³/mol. The van der Waals surface area contributed by atoms with E-state index in [1.54, 1.807) is 0 Å². The summed E-state index contributed by atoms with van der Waals surface area (Å²) >= 11 is 0. The number of nitrogens with one attached hydrogen (secondary N) is 2. The third kappa shape index (κ3) is 3.45. The second-order valence-corrected chi connectivity index (χ2v) is 6.98. The number of piperidine rings is 1. The van der Waals surface area contributed by atoms with E-state index < -0.39 is 5.60 Å². The lowest BCUT2D eigenvalue weighted by molar-refractivity contribution is 0.00331. The Morgan fingerprint density at radius 1 is 1.15 bits per heavy atom. The van der Waals surface area contributed by atoms with Crippen LogP contribution < -0.4 is 10.6 Å². The van der Waals surface area contributed by atoms with Crippen molar-refractivity contribution in [3.05, 3.63) is 48.2 Å². The molecule has 0 aliphatic carbocycles. The van der Waals surface area contributed by atoms with Crippen molar-refractivity contribution in [2.45, 2.75) is 18.4 Å². The van der Waals surface area contributed by atoms with E-state index in [0.717, 1.165) is 16.9 Å². The summed E-state index contributed by atoms with van der Waals surface area (Å²) in [4.78, 5) is 30.2. The summed E-state index contributed by atoms with van der Waals surface area (Å²) in [5, 5.41) is 5.70. The second kappa shape index (κ2) is 6.90. The van der Waals surface area contributed by atoms with Crippen molar-refractivity contribution in [2.24, 2.45) is 0 Å². The average molecular weight is 366 g/mol. The molecule has 2 N–H and O–H groups in total. The van der Waals surface area contributed by atoms with Gasteiger partial charge >= 0.3 is 6.09 Å². The fourth-order valence-corrected chi connectivity index (χ4v) is 3.60. The molecule has 2 aliphatic rings. The van der Waals surface area contributed by atoms with Gasteiger partial charge in [-0.2, -0.15) is 0 Å². The van der Waals surface area contributed by atoms with Crippen LogP contribution in [0, 0.1) is 0 Å². The fraction of sp³-hybridized carbons (Fsp3) is 0.350. The molecule has 0 unspecified atom stereocenters. The number of likely N-dealkylation sites (tertiary alicyclic amines) is 1. The van der Waals surface area contributed by atoms with Gasteiger partial charge in [-0.3, -0.25) is 4.79 Å². The Balaban J connectivity index is 1.41. The van der Waals surface area contributed by atoms with Crippen molar-refractivity contribution in [2.75, 3.05) is 32.0 Å². The Bertz CT molecular complexity index is 841. The molecular weight excluding hydrogens is 344 g/mol. The van der Waals surface area contributed by atoms with Crippen LogP contribution in [-0.2, 0) is 4.74 Å². The predicted octanol–water partition coefficient (Wildman–Crippen LogP) is 2.50. The number of alkyl carbamates (subject to hydrolysis) is 1. The van der Waals surface area contributed by atoms with Crippen LogP contribution in [0.25, 0.3) is 11.1 Å². The molecule has 7 heteroatoms. The van der Waals surface area contributed by atoms with Gasteiger partial charge in [0.1, 0.15) is 11.4 Å². The molecule has 140 valence electrons. The average Bonchev–Trinajstić information content (AvgIpc) is 3.08. The number of pyridine rings is 1. The maximum atomic E-state index is 12.8. The molecule has 2 amide bonds. The highest BCUT2D eigenvalue weighted by molar-refractivity contribution is 5.94. The first-order valence-corrected chi connectivity index (χ1v) is 9.09. The monoisotopic (exact) mass is 366 g/mol. The minimum atomic E-state index is -0.440. The second-order valence-electron chi connectivity index (χ2n) is 6.98. The van der Waals surface area contributed by atoms with E-state index in [9.17, 15) is 9.59 Å². The van der Waals surface area contributed by atoms with Gasteiger partial charge in [-0.25, -0.2) is 9.78 Å². The summed E-state index contributed by atoms with van der Waals surface area (Å²) in [5.74, 6) is 0.828. The Kier molecular flexibility index (Phi) is 4.43. The number of amides is 2. The molecule has 1 aromatic heterocycles. The van der Waals surface area contributed by atoms with Gasteiger partial charge in [-0.05, 0) is 29.8 Å². The minimum absolute atomic E-state index is 0.0114. The molecule has 27 heavy (non-hydrogen) atoms. The maximum absolute atomic E-state index is 12.8. The van der Waals surface area contributed by atoms with Gasteiger partial charge in [0.25, 0.3) is 5.91 Å². The molecule has 7 nitrogen and oxygen atoms in total. The largest absolute Gasteiger partial charge is 0.441 e. The number of rotatable bonds is 3. The number of hydrogen-bond acceptors (Lipinski definition) is 5. The van der Waals surface area contributed by atoms with E-state index >= 15 is 0 Å². The zero-order valence-electron chi connectivity index (χ0n) is 15.2. The van der Waals surface area contributed by atoms with E-state index in [-0.39, 0.29) is 12.0 Å². The van der Waals surface area contributed by atoms with Gasteiger partial charge in [-0.15, -0.1) is 0 Å². The molecule has 4 rings (SSSR count). The van der Waals surface area contributed by atoms with Crippen molar-refractivity contribution in [3.63, 3.8) is 0 Å². The first-order valence-electron chi connectivity index (χ1n) is 9.09. The van der Waals surface area contributed by atoms with Crippen LogP contribution >= 0.6 is 0 Å². The third-order valence-corrected chi connectivity index (χ3v) is 5.31. The van der Waals surface area contributed by atoms with Crippen LogP contribution in [0.2, 0.25) is 0 Å². The highest BCUT2D eigenvalue weighted by Crippen LogP contribution is 2.30.